The summed E-state index contributed by atoms with van der Waals surface area (Å²) in [7, 11) is 0. The molecule has 0 amide bonds. The molecular weight excluding hydrogens is 326 g/mol. The number of ether oxygens (including phenoxy) is 1. The van der Waals surface area contributed by atoms with Crippen LogP contribution >= 0.6 is 15.9 Å². The number of anilines is 1. The molecular formula is C18H20BrNO. The van der Waals surface area contributed by atoms with Crippen molar-refractivity contribution >= 4 is 21.6 Å². The second-order valence-electron chi connectivity index (χ2n) is 5.73. The maximum absolute atomic E-state index is 5.68. The van der Waals surface area contributed by atoms with Crippen molar-refractivity contribution in [1.29, 1.82) is 0 Å². The van der Waals surface area contributed by atoms with Gasteiger partial charge < -0.3 is 10.1 Å². The third-order valence-corrected chi connectivity index (χ3v) is 4.52. The normalized spacial score (nSPS) is 16.9. The lowest BCUT2D eigenvalue weighted by atomic mass is 10.1. The van der Waals surface area contributed by atoms with Gasteiger partial charge in [-0.1, -0.05) is 28.1 Å². The van der Waals surface area contributed by atoms with Gasteiger partial charge in [0, 0.05) is 10.2 Å². The summed E-state index contributed by atoms with van der Waals surface area (Å²) in [5.41, 5.74) is 3.99. The summed E-state index contributed by atoms with van der Waals surface area (Å²) < 4.78 is 6.90. The minimum atomic E-state index is 0.211. The predicted octanol–water partition coefficient (Wildman–Crippen LogP) is 5.34. The van der Waals surface area contributed by atoms with Gasteiger partial charge in [0.15, 0.2) is 0 Å². The summed E-state index contributed by atoms with van der Waals surface area (Å²) in [6.07, 6.45) is 2.48. The van der Waals surface area contributed by atoms with Crippen LogP contribution in [0.15, 0.2) is 46.9 Å². The molecule has 0 aromatic heterocycles. The van der Waals surface area contributed by atoms with Crippen LogP contribution in [0.25, 0.3) is 0 Å². The molecule has 2 aromatic rings. The van der Waals surface area contributed by atoms with Crippen molar-refractivity contribution in [2.45, 2.75) is 38.8 Å². The van der Waals surface area contributed by atoms with E-state index in [4.69, 9.17) is 4.74 Å². The molecule has 3 rings (SSSR count). The van der Waals surface area contributed by atoms with Gasteiger partial charge in [0.05, 0.1) is 12.1 Å². The Kier molecular flexibility index (Phi) is 4.20. The van der Waals surface area contributed by atoms with Gasteiger partial charge in [0.2, 0.25) is 0 Å². The molecule has 0 heterocycles. The lowest BCUT2D eigenvalue weighted by Crippen LogP contribution is -2.08. The van der Waals surface area contributed by atoms with Crippen LogP contribution in [0.1, 0.15) is 37.4 Å². The van der Waals surface area contributed by atoms with E-state index in [1.54, 1.807) is 0 Å². The summed E-state index contributed by atoms with van der Waals surface area (Å²) >= 11 is 3.65. The number of halogens is 1. The fourth-order valence-corrected chi connectivity index (χ4v) is 3.44. The highest BCUT2D eigenvalue weighted by atomic mass is 79.9. The highest BCUT2D eigenvalue weighted by molar-refractivity contribution is 9.10. The first-order valence-corrected chi connectivity index (χ1v) is 8.23. The highest BCUT2D eigenvalue weighted by Crippen LogP contribution is 2.37. The molecule has 110 valence electrons. The molecule has 21 heavy (non-hydrogen) atoms. The Hall–Kier alpha value is -1.48. The van der Waals surface area contributed by atoms with Crippen molar-refractivity contribution < 1.29 is 4.74 Å². The van der Waals surface area contributed by atoms with E-state index < -0.39 is 0 Å². The second kappa shape index (κ2) is 6.10. The van der Waals surface area contributed by atoms with Crippen molar-refractivity contribution in [3.8, 4) is 5.75 Å². The van der Waals surface area contributed by atoms with Crippen molar-refractivity contribution in [2.75, 3.05) is 5.32 Å². The van der Waals surface area contributed by atoms with E-state index in [-0.39, 0.29) is 6.10 Å². The fraction of sp³-hybridized carbons (Fsp3) is 0.333. The molecule has 2 aromatic carbocycles. The summed E-state index contributed by atoms with van der Waals surface area (Å²) in [6, 6.07) is 15.1. The van der Waals surface area contributed by atoms with Gasteiger partial charge in [0.1, 0.15) is 5.75 Å². The van der Waals surface area contributed by atoms with Crippen LogP contribution in [0.3, 0.4) is 0 Å². The number of hydrogen-bond acceptors (Lipinski definition) is 2. The zero-order chi connectivity index (χ0) is 14.8. The first-order chi connectivity index (χ1) is 10.1. The zero-order valence-electron chi connectivity index (χ0n) is 12.4. The molecule has 0 bridgehead atoms. The number of benzene rings is 2. The lowest BCUT2D eigenvalue weighted by molar-refractivity contribution is 0.242. The Bertz CT molecular complexity index is 622. The van der Waals surface area contributed by atoms with E-state index in [2.05, 4.69) is 51.6 Å². The summed E-state index contributed by atoms with van der Waals surface area (Å²) in [4.78, 5) is 0. The Balaban J connectivity index is 1.73. The van der Waals surface area contributed by atoms with Crippen LogP contribution in [0, 0.1) is 0 Å². The smallest absolute Gasteiger partial charge is 0.119 e. The van der Waals surface area contributed by atoms with Crippen molar-refractivity contribution in [3.63, 3.8) is 0 Å². The van der Waals surface area contributed by atoms with E-state index in [9.17, 15) is 0 Å². The van der Waals surface area contributed by atoms with E-state index in [1.807, 2.05) is 26.0 Å². The minimum Gasteiger partial charge on any atom is -0.491 e. The first kappa shape index (κ1) is 14.5. The largest absolute Gasteiger partial charge is 0.491 e. The number of rotatable bonds is 4. The third-order valence-electron chi connectivity index (χ3n) is 3.78. The van der Waals surface area contributed by atoms with Gasteiger partial charge in [0.25, 0.3) is 0 Å². The van der Waals surface area contributed by atoms with Crippen LogP contribution in [0.4, 0.5) is 5.69 Å². The van der Waals surface area contributed by atoms with Gasteiger partial charge >= 0.3 is 0 Å². The monoisotopic (exact) mass is 345 g/mol. The molecule has 1 aliphatic rings. The molecule has 3 heteroatoms. The number of nitrogens with one attached hydrogen (secondary N) is 1. The summed E-state index contributed by atoms with van der Waals surface area (Å²) in [5.74, 6) is 0.921. The molecule has 0 aliphatic heterocycles. The van der Waals surface area contributed by atoms with Crippen molar-refractivity contribution in [2.24, 2.45) is 0 Å². The van der Waals surface area contributed by atoms with E-state index >= 15 is 0 Å². The van der Waals surface area contributed by atoms with E-state index in [0.29, 0.717) is 6.04 Å². The Morgan fingerprint density at radius 2 is 1.90 bits per heavy atom. The highest BCUT2D eigenvalue weighted by Gasteiger charge is 2.23. The molecule has 1 atom stereocenters. The van der Waals surface area contributed by atoms with Gasteiger partial charge in [-0.05, 0) is 68.1 Å². The molecule has 0 radical (unpaired) electrons. The van der Waals surface area contributed by atoms with Crippen LogP contribution in [0.5, 0.6) is 5.75 Å². The van der Waals surface area contributed by atoms with Crippen LogP contribution in [0.2, 0.25) is 0 Å². The average molecular weight is 346 g/mol. The number of hydrogen-bond donors (Lipinski definition) is 1. The van der Waals surface area contributed by atoms with Gasteiger partial charge in [-0.15, -0.1) is 0 Å². The minimum absolute atomic E-state index is 0.211. The molecule has 0 spiro atoms. The fourth-order valence-electron chi connectivity index (χ4n) is 2.86. The Morgan fingerprint density at radius 1 is 1.14 bits per heavy atom. The Labute approximate surface area is 134 Å². The van der Waals surface area contributed by atoms with Crippen LogP contribution < -0.4 is 10.1 Å². The van der Waals surface area contributed by atoms with E-state index in [1.165, 1.54) is 15.6 Å². The molecule has 0 saturated heterocycles. The van der Waals surface area contributed by atoms with Crippen LogP contribution in [-0.4, -0.2) is 6.10 Å². The summed E-state index contributed by atoms with van der Waals surface area (Å²) in [5, 5.41) is 3.63. The van der Waals surface area contributed by atoms with E-state index in [0.717, 1.165) is 24.3 Å². The van der Waals surface area contributed by atoms with Crippen LogP contribution in [-0.2, 0) is 6.42 Å². The maximum atomic E-state index is 5.68. The number of fused-ring (bicyclic) bond motifs is 1. The van der Waals surface area contributed by atoms with Gasteiger partial charge in [-0.25, -0.2) is 0 Å². The molecule has 1 N–H and O–H groups in total. The topological polar surface area (TPSA) is 21.3 Å². The molecule has 1 unspecified atom stereocenters. The maximum Gasteiger partial charge on any atom is 0.119 e. The molecule has 2 nitrogen and oxygen atoms in total. The first-order valence-electron chi connectivity index (χ1n) is 7.44. The molecule has 0 fully saturated rings. The van der Waals surface area contributed by atoms with Gasteiger partial charge in [-0.3, -0.25) is 0 Å². The standard InChI is InChI=1S/C18H20BrNO/c1-12(2)21-14-8-6-13(7-9-14)20-18-11-10-15-16(18)4-3-5-17(15)19/h3-9,12,18,20H,10-11H2,1-2H3. The lowest BCUT2D eigenvalue weighted by Gasteiger charge is -2.16. The quantitative estimate of drug-likeness (QED) is 0.807. The molecule has 0 saturated carbocycles. The Morgan fingerprint density at radius 3 is 2.62 bits per heavy atom. The van der Waals surface area contributed by atoms with Gasteiger partial charge in [-0.2, -0.15) is 0 Å². The predicted molar refractivity (Wildman–Crippen MR) is 91.0 cm³/mol. The zero-order valence-corrected chi connectivity index (χ0v) is 14.0. The average Bonchev–Trinajstić information content (AvgIpc) is 2.85. The third kappa shape index (κ3) is 3.24. The second-order valence-corrected chi connectivity index (χ2v) is 6.59. The SMILES string of the molecule is CC(C)Oc1ccc(NC2CCc3c(Br)cccc32)cc1. The summed E-state index contributed by atoms with van der Waals surface area (Å²) in [6.45, 7) is 4.08. The van der Waals surface area contributed by atoms with Crippen molar-refractivity contribution in [1.82, 2.24) is 0 Å². The molecule has 1 aliphatic carbocycles. The van der Waals surface area contributed by atoms with Crippen molar-refractivity contribution in [3.05, 3.63) is 58.1 Å².